The van der Waals surface area contributed by atoms with E-state index in [0.717, 1.165) is 13.0 Å². The van der Waals surface area contributed by atoms with Gasteiger partial charge in [0.2, 0.25) is 0 Å². The Morgan fingerprint density at radius 2 is 1.82 bits per heavy atom. The van der Waals surface area contributed by atoms with Gasteiger partial charge in [0, 0.05) is 6.54 Å². The molecule has 0 fully saturated rings. The molecule has 2 heteroatoms. The van der Waals surface area contributed by atoms with Crippen LogP contribution in [0.3, 0.4) is 0 Å². The van der Waals surface area contributed by atoms with Crippen molar-refractivity contribution in [2.45, 2.75) is 33.3 Å². The Balaban J connectivity index is 3.90. The fourth-order valence-corrected chi connectivity index (χ4v) is 0.829. The largest absolute Gasteiger partial charge is 0.391 e. The van der Waals surface area contributed by atoms with Gasteiger partial charge in [-0.1, -0.05) is 20.8 Å². The van der Waals surface area contributed by atoms with Crippen molar-refractivity contribution in [1.29, 1.82) is 0 Å². The number of aliphatic hydroxyl groups excluding tert-OH is 1. The molecule has 0 aromatic heterocycles. The highest BCUT2D eigenvalue weighted by molar-refractivity contribution is 4.77. The summed E-state index contributed by atoms with van der Waals surface area (Å²) in [6, 6.07) is 0. The second-order valence-electron chi connectivity index (χ2n) is 4.12. The number of rotatable bonds is 4. The van der Waals surface area contributed by atoms with Crippen molar-refractivity contribution in [1.82, 2.24) is 4.90 Å². The van der Waals surface area contributed by atoms with Crippen LogP contribution >= 0.6 is 0 Å². The zero-order valence-electron chi connectivity index (χ0n) is 8.39. The third kappa shape index (κ3) is 3.73. The van der Waals surface area contributed by atoms with Crippen LogP contribution in [0.5, 0.6) is 0 Å². The Hall–Kier alpha value is -0.0800. The first-order chi connectivity index (χ1) is 4.90. The molecule has 0 saturated carbocycles. The lowest BCUT2D eigenvalue weighted by atomic mass is 9.84. The predicted octanol–water partition coefficient (Wildman–Crippen LogP) is 1.35. The van der Waals surface area contributed by atoms with Gasteiger partial charge in [0.1, 0.15) is 0 Å². The lowest BCUT2D eigenvalue weighted by molar-refractivity contribution is 0.0272. The maximum absolute atomic E-state index is 9.71. The van der Waals surface area contributed by atoms with Gasteiger partial charge < -0.3 is 10.0 Å². The third-order valence-electron chi connectivity index (χ3n) is 2.35. The van der Waals surface area contributed by atoms with E-state index in [1.165, 1.54) is 0 Å². The molecular weight excluding hydrogens is 138 g/mol. The number of hydrogen-bond acceptors (Lipinski definition) is 2. The quantitative estimate of drug-likeness (QED) is 0.669. The molecule has 0 aromatic rings. The first-order valence-corrected chi connectivity index (χ1v) is 4.23. The zero-order chi connectivity index (χ0) is 9.07. The fraction of sp³-hybridized carbons (Fsp3) is 1.00. The van der Waals surface area contributed by atoms with Gasteiger partial charge in [0.25, 0.3) is 0 Å². The van der Waals surface area contributed by atoms with Gasteiger partial charge in [-0.3, -0.25) is 0 Å². The van der Waals surface area contributed by atoms with E-state index in [4.69, 9.17) is 0 Å². The van der Waals surface area contributed by atoms with Gasteiger partial charge in [-0.15, -0.1) is 0 Å². The maximum Gasteiger partial charge on any atom is 0.0717 e. The summed E-state index contributed by atoms with van der Waals surface area (Å²) in [7, 11) is 3.96. The van der Waals surface area contributed by atoms with Gasteiger partial charge in [-0.2, -0.15) is 0 Å². The highest BCUT2D eigenvalue weighted by Gasteiger charge is 2.25. The zero-order valence-corrected chi connectivity index (χ0v) is 8.39. The molecule has 0 aliphatic carbocycles. The predicted molar refractivity (Wildman–Crippen MR) is 48.6 cm³/mol. The van der Waals surface area contributed by atoms with Crippen LogP contribution in [-0.2, 0) is 0 Å². The van der Waals surface area contributed by atoms with E-state index in [2.05, 4.69) is 20.8 Å². The monoisotopic (exact) mass is 159 g/mol. The standard InChI is InChI=1S/C9H21NO/c1-6-9(2,3)8(11)7-10(4)5/h8,11H,6-7H2,1-5H3. The van der Waals surface area contributed by atoms with Crippen molar-refractivity contribution >= 4 is 0 Å². The molecule has 1 atom stereocenters. The molecule has 0 aliphatic heterocycles. The minimum Gasteiger partial charge on any atom is -0.391 e. The van der Waals surface area contributed by atoms with E-state index >= 15 is 0 Å². The van der Waals surface area contributed by atoms with Gasteiger partial charge in [0.15, 0.2) is 0 Å². The molecule has 0 amide bonds. The van der Waals surface area contributed by atoms with E-state index in [0.29, 0.717) is 0 Å². The van der Waals surface area contributed by atoms with E-state index in [1.54, 1.807) is 0 Å². The summed E-state index contributed by atoms with van der Waals surface area (Å²) in [5.74, 6) is 0. The second kappa shape index (κ2) is 4.07. The smallest absolute Gasteiger partial charge is 0.0717 e. The normalized spacial score (nSPS) is 15.5. The molecule has 68 valence electrons. The van der Waals surface area contributed by atoms with E-state index in [-0.39, 0.29) is 11.5 Å². The third-order valence-corrected chi connectivity index (χ3v) is 2.35. The van der Waals surface area contributed by atoms with E-state index in [1.807, 2.05) is 19.0 Å². The van der Waals surface area contributed by atoms with Crippen molar-refractivity contribution in [3.05, 3.63) is 0 Å². The lowest BCUT2D eigenvalue weighted by Gasteiger charge is -2.31. The summed E-state index contributed by atoms with van der Waals surface area (Å²) < 4.78 is 0. The van der Waals surface area contributed by atoms with Gasteiger partial charge in [-0.05, 0) is 25.9 Å². The van der Waals surface area contributed by atoms with Crippen LogP contribution in [0.25, 0.3) is 0 Å². The van der Waals surface area contributed by atoms with Crippen molar-refractivity contribution in [2.75, 3.05) is 20.6 Å². The topological polar surface area (TPSA) is 23.5 Å². The van der Waals surface area contributed by atoms with Crippen molar-refractivity contribution in [2.24, 2.45) is 5.41 Å². The van der Waals surface area contributed by atoms with Gasteiger partial charge in [0.05, 0.1) is 6.10 Å². The fourth-order valence-electron chi connectivity index (χ4n) is 0.829. The van der Waals surface area contributed by atoms with Crippen LogP contribution in [0.1, 0.15) is 27.2 Å². The molecular formula is C9H21NO. The van der Waals surface area contributed by atoms with Crippen LogP contribution in [0, 0.1) is 5.41 Å². The summed E-state index contributed by atoms with van der Waals surface area (Å²) in [6.45, 7) is 7.06. The van der Waals surface area contributed by atoms with Crippen LogP contribution in [0.4, 0.5) is 0 Å². The molecule has 0 bridgehead atoms. The van der Waals surface area contributed by atoms with Crippen LogP contribution < -0.4 is 0 Å². The Morgan fingerprint density at radius 3 is 2.09 bits per heavy atom. The van der Waals surface area contributed by atoms with Crippen LogP contribution in [0.15, 0.2) is 0 Å². The first-order valence-electron chi connectivity index (χ1n) is 4.23. The van der Waals surface area contributed by atoms with Crippen molar-refractivity contribution in [3.63, 3.8) is 0 Å². The van der Waals surface area contributed by atoms with Crippen molar-refractivity contribution in [3.8, 4) is 0 Å². The molecule has 0 heterocycles. The Labute approximate surface area is 70.2 Å². The Kier molecular flexibility index (Phi) is 4.04. The number of nitrogens with zero attached hydrogens (tertiary/aromatic N) is 1. The summed E-state index contributed by atoms with van der Waals surface area (Å²) >= 11 is 0. The van der Waals surface area contributed by atoms with Crippen LogP contribution in [-0.4, -0.2) is 36.8 Å². The molecule has 1 N–H and O–H groups in total. The maximum atomic E-state index is 9.71. The molecule has 0 saturated heterocycles. The molecule has 0 spiro atoms. The minimum atomic E-state index is -0.220. The van der Waals surface area contributed by atoms with E-state index in [9.17, 15) is 5.11 Å². The summed E-state index contributed by atoms with van der Waals surface area (Å²) in [5, 5.41) is 9.71. The molecule has 11 heavy (non-hydrogen) atoms. The molecule has 1 unspecified atom stereocenters. The Morgan fingerprint density at radius 1 is 1.36 bits per heavy atom. The lowest BCUT2D eigenvalue weighted by Crippen LogP contribution is -2.37. The average Bonchev–Trinajstić information content (AvgIpc) is 1.86. The molecule has 0 aromatic carbocycles. The van der Waals surface area contributed by atoms with E-state index < -0.39 is 0 Å². The van der Waals surface area contributed by atoms with Crippen LogP contribution in [0.2, 0.25) is 0 Å². The molecule has 0 radical (unpaired) electrons. The minimum absolute atomic E-state index is 0.0459. The second-order valence-corrected chi connectivity index (χ2v) is 4.12. The number of hydrogen-bond donors (Lipinski definition) is 1. The highest BCUT2D eigenvalue weighted by Crippen LogP contribution is 2.24. The first kappa shape index (κ1) is 10.9. The SMILES string of the molecule is CCC(C)(C)C(O)CN(C)C. The highest BCUT2D eigenvalue weighted by atomic mass is 16.3. The number of likely N-dealkylation sites (N-methyl/N-ethyl adjacent to an activating group) is 1. The summed E-state index contributed by atoms with van der Waals surface area (Å²) in [5.41, 5.74) is 0.0459. The van der Waals surface area contributed by atoms with Crippen molar-refractivity contribution < 1.29 is 5.11 Å². The average molecular weight is 159 g/mol. The molecule has 2 nitrogen and oxygen atoms in total. The summed E-state index contributed by atoms with van der Waals surface area (Å²) in [4.78, 5) is 2.02. The Bertz CT molecular complexity index is 110. The van der Waals surface area contributed by atoms with Gasteiger partial charge >= 0.3 is 0 Å². The molecule has 0 rings (SSSR count). The number of aliphatic hydroxyl groups is 1. The van der Waals surface area contributed by atoms with Gasteiger partial charge in [-0.25, -0.2) is 0 Å². The molecule has 0 aliphatic rings. The summed E-state index contributed by atoms with van der Waals surface area (Å²) in [6.07, 6.45) is 0.796.